The van der Waals surface area contributed by atoms with Crippen molar-refractivity contribution in [2.24, 2.45) is 0 Å². The maximum atomic E-state index is 13.6. The molecule has 4 aromatic rings. The van der Waals surface area contributed by atoms with Gasteiger partial charge in [0.1, 0.15) is 5.82 Å². The first-order chi connectivity index (χ1) is 19.4. The number of H-pyrrole nitrogens is 1. The summed E-state index contributed by atoms with van der Waals surface area (Å²) < 4.78 is 0. The van der Waals surface area contributed by atoms with Crippen LogP contribution in [0.3, 0.4) is 0 Å². The second kappa shape index (κ2) is 10.5. The van der Waals surface area contributed by atoms with E-state index in [1.165, 1.54) is 5.56 Å². The third kappa shape index (κ3) is 4.88. The van der Waals surface area contributed by atoms with E-state index in [1.807, 2.05) is 48.5 Å². The molecule has 2 aliphatic rings. The molecule has 1 aliphatic heterocycles. The van der Waals surface area contributed by atoms with Gasteiger partial charge in [0.2, 0.25) is 0 Å². The molecule has 3 aromatic carbocycles. The van der Waals surface area contributed by atoms with Crippen molar-refractivity contribution in [1.82, 2.24) is 14.9 Å². The monoisotopic (exact) mass is 533 g/mol. The van der Waals surface area contributed by atoms with E-state index in [1.54, 1.807) is 11.0 Å². The molecule has 0 saturated heterocycles. The SMILES string of the molecule is CC(C)c1cccc(-c2cccc([C@@H](O)C(=O)N3CCCc4c(nc(C5(c6ccccc6)CC5)[nH]c4=O)C3)c2)c1. The first-order valence-electron chi connectivity index (χ1n) is 14.2. The molecule has 1 aromatic heterocycles. The van der Waals surface area contributed by atoms with Crippen LogP contribution in [-0.4, -0.2) is 32.4 Å². The molecular formula is C34H35N3O3. The Kier molecular flexibility index (Phi) is 6.88. The van der Waals surface area contributed by atoms with Gasteiger partial charge < -0.3 is 15.0 Å². The second-order valence-electron chi connectivity index (χ2n) is 11.5. The third-order valence-electron chi connectivity index (χ3n) is 8.46. The van der Waals surface area contributed by atoms with Crippen LogP contribution >= 0.6 is 0 Å². The van der Waals surface area contributed by atoms with E-state index in [-0.39, 0.29) is 23.4 Å². The largest absolute Gasteiger partial charge is 0.378 e. The molecule has 2 heterocycles. The first kappa shape index (κ1) is 26.2. The summed E-state index contributed by atoms with van der Waals surface area (Å²) in [6.45, 7) is 4.99. The van der Waals surface area contributed by atoms with Crippen LogP contribution in [-0.2, 0) is 23.2 Å². The highest BCUT2D eigenvalue weighted by Gasteiger charge is 2.48. The summed E-state index contributed by atoms with van der Waals surface area (Å²) >= 11 is 0. The van der Waals surface area contributed by atoms with Gasteiger partial charge in [0.05, 0.1) is 17.7 Å². The maximum Gasteiger partial charge on any atom is 0.256 e. The van der Waals surface area contributed by atoms with Crippen molar-refractivity contribution < 1.29 is 9.90 Å². The van der Waals surface area contributed by atoms with Crippen molar-refractivity contribution in [3.63, 3.8) is 0 Å². The minimum atomic E-state index is -1.30. The van der Waals surface area contributed by atoms with Gasteiger partial charge in [-0.1, -0.05) is 86.6 Å². The molecule has 0 unspecified atom stereocenters. The standard InChI is InChI=1S/C34H35N3O3/c1-22(2)23-9-6-10-24(19-23)25-11-7-12-26(20-25)30(38)32(40)37-18-8-15-28-29(21-37)35-33(36-31(28)39)34(16-17-34)27-13-4-3-5-14-27/h3-7,9-14,19-20,22,30,38H,8,15-18,21H2,1-2H3,(H,35,36,39)/t30-/m1/s1. The molecule has 6 heteroatoms. The van der Waals surface area contributed by atoms with Crippen LogP contribution < -0.4 is 5.56 Å². The molecule has 0 spiro atoms. The van der Waals surface area contributed by atoms with Gasteiger partial charge in [0, 0.05) is 12.1 Å². The first-order valence-corrected chi connectivity index (χ1v) is 14.2. The Labute approximate surface area is 234 Å². The van der Waals surface area contributed by atoms with E-state index in [0.717, 1.165) is 29.5 Å². The summed E-state index contributed by atoms with van der Waals surface area (Å²) in [5.74, 6) is 0.715. The number of hydrogen-bond donors (Lipinski definition) is 2. The number of aliphatic hydroxyl groups is 1. The van der Waals surface area contributed by atoms with Crippen LogP contribution in [0.4, 0.5) is 0 Å². The van der Waals surface area contributed by atoms with Crippen molar-refractivity contribution >= 4 is 5.91 Å². The number of aliphatic hydroxyl groups excluding tert-OH is 1. The quantitative estimate of drug-likeness (QED) is 0.335. The van der Waals surface area contributed by atoms with Gasteiger partial charge in [0.15, 0.2) is 6.10 Å². The summed E-state index contributed by atoms with van der Waals surface area (Å²) in [4.78, 5) is 36.5. The van der Waals surface area contributed by atoms with Crippen LogP contribution in [0.2, 0.25) is 0 Å². The lowest BCUT2D eigenvalue weighted by Crippen LogP contribution is -2.35. The zero-order valence-corrected chi connectivity index (χ0v) is 23.1. The number of carbonyl (C=O) groups is 1. The Balaban J connectivity index is 1.26. The van der Waals surface area contributed by atoms with Crippen molar-refractivity contribution in [3.8, 4) is 11.1 Å². The van der Waals surface area contributed by atoms with E-state index in [4.69, 9.17) is 4.98 Å². The number of aromatic nitrogens is 2. The molecule has 0 radical (unpaired) electrons. The Bertz CT molecular complexity index is 1600. The molecule has 0 bridgehead atoms. The van der Waals surface area contributed by atoms with Crippen LogP contribution in [0.15, 0.2) is 83.7 Å². The molecule has 1 atom stereocenters. The van der Waals surface area contributed by atoms with Crippen molar-refractivity contribution in [2.75, 3.05) is 6.54 Å². The fourth-order valence-corrected chi connectivity index (χ4v) is 5.88. The highest BCUT2D eigenvalue weighted by Crippen LogP contribution is 2.52. The number of nitrogens with one attached hydrogen (secondary N) is 1. The van der Waals surface area contributed by atoms with Crippen molar-refractivity contribution in [3.05, 3.63) is 123 Å². The van der Waals surface area contributed by atoms with Crippen molar-refractivity contribution in [2.45, 2.75) is 63.5 Å². The number of nitrogens with zero attached hydrogens (tertiary/aromatic N) is 2. The summed E-state index contributed by atoms with van der Waals surface area (Å²) in [6, 6.07) is 26.1. The number of carbonyl (C=O) groups excluding carboxylic acids is 1. The highest BCUT2D eigenvalue weighted by atomic mass is 16.3. The minimum absolute atomic E-state index is 0.117. The Morgan fingerprint density at radius 3 is 2.30 bits per heavy atom. The van der Waals surface area contributed by atoms with E-state index < -0.39 is 6.10 Å². The van der Waals surface area contributed by atoms with Gasteiger partial charge in [0.25, 0.3) is 11.5 Å². The van der Waals surface area contributed by atoms with E-state index in [2.05, 4.69) is 43.1 Å². The zero-order chi connectivity index (χ0) is 27.9. The number of benzene rings is 3. The lowest BCUT2D eigenvalue weighted by Gasteiger charge is -2.24. The molecule has 1 aliphatic carbocycles. The summed E-state index contributed by atoms with van der Waals surface area (Å²) in [5.41, 5.74) is 5.85. The van der Waals surface area contributed by atoms with Gasteiger partial charge in [-0.15, -0.1) is 0 Å². The van der Waals surface area contributed by atoms with E-state index in [0.29, 0.717) is 47.9 Å². The smallest absolute Gasteiger partial charge is 0.256 e. The average molecular weight is 534 g/mol. The lowest BCUT2D eigenvalue weighted by molar-refractivity contribution is -0.141. The molecule has 1 fully saturated rings. The zero-order valence-electron chi connectivity index (χ0n) is 23.1. The fraction of sp³-hybridized carbons (Fsp3) is 0.324. The normalized spacial score (nSPS) is 16.8. The molecule has 1 amide bonds. The molecule has 204 valence electrons. The predicted octanol–water partition coefficient (Wildman–Crippen LogP) is 5.65. The van der Waals surface area contributed by atoms with Gasteiger partial charge in [-0.05, 0) is 65.5 Å². The topological polar surface area (TPSA) is 86.3 Å². The Hall–Kier alpha value is -4.03. The minimum Gasteiger partial charge on any atom is -0.378 e. The maximum absolute atomic E-state index is 13.6. The lowest BCUT2D eigenvalue weighted by atomic mass is 9.94. The van der Waals surface area contributed by atoms with Gasteiger partial charge in [-0.2, -0.15) is 0 Å². The van der Waals surface area contributed by atoms with E-state index in [9.17, 15) is 14.7 Å². The van der Waals surface area contributed by atoms with Gasteiger partial charge >= 0.3 is 0 Å². The van der Waals surface area contributed by atoms with E-state index >= 15 is 0 Å². The van der Waals surface area contributed by atoms with Crippen LogP contribution in [0, 0.1) is 0 Å². The number of fused-ring (bicyclic) bond motifs is 1. The summed E-state index contributed by atoms with van der Waals surface area (Å²) in [6.07, 6.45) is 1.75. The van der Waals surface area contributed by atoms with Gasteiger partial charge in [-0.3, -0.25) is 9.59 Å². The van der Waals surface area contributed by atoms with Crippen LogP contribution in [0.1, 0.15) is 78.9 Å². The van der Waals surface area contributed by atoms with Crippen molar-refractivity contribution in [1.29, 1.82) is 0 Å². The second-order valence-corrected chi connectivity index (χ2v) is 11.5. The van der Waals surface area contributed by atoms with Crippen LogP contribution in [0.25, 0.3) is 11.1 Å². The molecular weight excluding hydrogens is 498 g/mol. The molecule has 1 saturated carbocycles. The number of rotatable bonds is 6. The predicted molar refractivity (Wildman–Crippen MR) is 156 cm³/mol. The Morgan fingerprint density at radius 2 is 1.62 bits per heavy atom. The molecule has 2 N–H and O–H groups in total. The molecule has 40 heavy (non-hydrogen) atoms. The highest BCUT2D eigenvalue weighted by molar-refractivity contribution is 5.83. The fourth-order valence-electron chi connectivity index (χ4n) is 5.88. The number of hydrogen-bond acceptors (Lipinski definition) is 4. The van der Waals surface area contributed by atoms with Gasteiger partial charge in [-0.25, -0.2) is 4.98 Å². The third-order valence-corrected chi connectivity index (χ3v) is 8.46. The summed E-state index contributed by atoms with van der Waals surface area (Å²) in [5, 5.41) is 11.2. The Morgan fingerprint density at radius 1 is 0.950 bits per heavy atom. The number of amides is 1. The van der Waals surface area contributed by atoms with Crippen LogP contribution in [0.5, 0.6) is 0 Å². The molecule has 6 rings (SSSR count). The average Bonchev–Trinajstić information content (AvgIpc) is 3.82. The summed E-state index contributed by atoms with van der Waals surface area (Å²) in [7, 11) is 0. The molecule has 6 nitrogen and oxygen atoms in total. The number of aromatic amines is 1.